The molecule has 0 aliphatic rings. The van der Waals surface area contributed by atoms with Gasteiger partial charge in [0.2, 0.25) is 0 Å². The molecule has 0 aliphatic heterocycles. The monoisotopic (exact) mass is 341 g/mol. The molecule has 0 spiro atoms. The number of ether oxygens (including phenoxy) is 1. The molecule has 2 rings (SSSR count). The van der Waals surface area contributed by atoms with Crippen LogP contribution in [0.15, 0.2) is 54.6 Å². The summed E-state index contributed by atoms with van der Waals surface area (Å²) in [5, 5.41) is 0. The second kappa shape index (κ2) is 12.0. The van der Waals surface area contributed by atoms with Crippen LogP contribution in [0.5, 0.6) is 0 Å². The zero-order chi connectivity index (χ0) is 15.5. The molecule has 0 bridgehead atoms. The summed E-state index contributed by atoms with van der Waals surface area (Å²) >= 11 is 0. The van der Waals surface area contributed by atoms with Crippen LogP contribution in [-0.2, 0) is 33.1 Å². The van der Waals surface area contributed by atoms with Gasteiger partial charge in [-0.2, -0.15) is 18.7 Å². The smallest absolute Gasteiger partial charge is 0.288 e. The van der Waals surface area contributed by atoms with E-state index in [1.54, 1.807) is 13.0 Å². The fraction of sp³-hybridized carbons (Fsp3) is 0.278. The molecule has 0 heterocycles. The number of nitrogens with zero attached hydrogens (tertiary/aromatic N) is 1. The molecule has 0 fully saturated rings. The number of hydrogen-bond donors (Lipinski definition) is 0. The summed E-state index contributed by atoms with van der Waals surface area (Å²) in [6, 6.07) is 16.1. The van der Waals surface area contributed by atoms with Crippen LogP contribution in [0, 0.1) is 0 Å². The first-order valence-electron chi connectivity index (χ1n) is 7.03. The van der Waals surface area contributed by atoms with Crippen LogP contribution in [0.2, 0.25) is 0 Å². The van der Waals surface area contributed by atoms with Gasteiger partial charge in [-0.25, -0.2) is 0 Å². The van der Waals surface area contributed by atoms with Gasteiger partial charge in [0.15, 0.2) is 0 Å². The molecule has 3 nitrogen and oxygen atoms in total. The van der Waals surface area contributed by atoms with Gasteiger partial charge >= 0.3 is 0 Å². The fourth-order valence-corrected chi connectivity index (χ4v) is 1.74. The third kappa shape index (κ3) is 9.35. The Kier molecular flexibility index (Phi) is 11.1. The molecule has 0 N–H and O–H groups in total. The minimum absolute atomic E-state index is 0. The van der Waals surface area contributed by atoms with Crippen molar-refractivity contribution in [2.24, 2.45) is 0 Å². The summed E-state index contributed by atoms with van der Waals surface area (Å²) < 4.78 is 4.71. The predicted octanol–water partition coefficient (Wildman–Crippen LogP) is 3.45. The number of carbonyl (C=O) groups is 1. The Labute approximate surface area is 143 Å². The van der Waals surface area contributed by atoms with Crippen molar-refractivity contribution in [3.8, 4) is 0 Å². The summed E-state index contributed by atoms with van der Waals surface area (Å²) in [5.41, 5.74) is 2.41. The number of esters is 1. The van der Waals surface area contributed by atoms with E-state index in [2.05, 4.69) is 43.3 Å². The zero-order valence-electron chi connectivity index (χ0n) is 13.3. The summed E-state index contributed by atoms with van der Waals surface area (Å²) in [7, 11) is 4.15. The van der Waals surface area contributed by atoms with Crippen molar-refractivity contribution in [3.63, 3.8) is 0 Å². The molecule has 0 saturated heterocycles. The fourth-order valence-electron chi connectivity index (χ4n) is 1.74. The van der Waals surface area contributed by atoms with E-state index in [4.69, 9.17) is 4.74 Å². The Morgan fingerprint density at radius 2 is 1.82 bits per heavy atom. The van der Waals surface area contributed by atoms with Crippen molar-refractivity contribution in [2.45, 2.75) is 13.5 Å². The Balaban J connectivity index is 0.000000397. The Morgan fingerprint density at radius 1 is 1.23 bits per heavy atom. The summed E-state index contributed by atoms with van der Waals surface area (Å²) in [5.74, 6) is -0.293. The van der Waals surface area contributed by atoms with Crippen molar-refractivity contribution >= 4 is 12.0 Å². The molecule has 0 amide bonds. The van der Waals surface area contributed by atoms with E-state index >= 15 is 0 Å². The van der Waals surface area contributed by atoms with Gasteiger partial charge in [0.05, 0.1) is 6.61 Å². The Morgan fingerprint density at radius 3 is 2.32 bits per heavy atom. The quantitative estimate of drug-likeness (QED) is 0.361. The molecular weight excluding hydrogens is 318 g/mol. The molecular formula is C18H23FeNO2-6. The Bertz CT molecular complexity index is 513. The zero-order valence-corrected chi connectivity index (χ0v) is 14.4. The molecule has 0 radical (unpaired) electrons. The van der Waals surface area contributed by atoms with E-state index in [1.807, 2.05) is 24.3 Å². The van der Waals surface area contributed by atoms with E-state index < -0.39 is 0 Å². The first kappa shape index (κ1) is 20.4. The van der Waals surface area contributed by atoms with Crippen LogP contribution >= 0.6 is 0 Å². The molecule has 4 heteroatoms. The number of hydrogen-bond acceptors (Lipinski definition) is 3. The van der Waals surface area contributed by atoms with Gasteiger partial charge in [-0.3, -0.25) is 4.79 Å². The second-order valence-corrected chi connectivity index (χ2v) is 4.83. The van der Waals surface area contributed by atoms with Crippen LogP contribution in [0.3, 0.4) is 0 Å². The summed E-state index contributed by atoms with van der Waals surface area (Å²) in [4.78, 5) is 13.0. The molecule has 2 aromatic rings. The van der Waals surface area contributed by atoms with Crippen molar-refractivity contribution in [1.29, 1.82) is 0 Å². The molecule has 2 aromatic carbocycles. The normalized spacial score (nSPS) is 10.0. The van der Waals surface area contributed by atoms with Crippen LogP contribution < -0.4 is 0 Å². The topological polar surface area (TPSA) is 29.5 Å². The first-order valence-corrected chi connectivity index (χ1v) is 7.03. The minimum atomic E-state index is -0.293. The maximum absolute atomic E-state index is 10.8. The van der Waals surface area contributed by atoms with Crippen molar-refractivity contribution < 1.29 is 26.6 Å². The van der Waals surface area contributed by atoms with Gasteiger partial charge in [0.25, 0.3) is 5.97 Å². The van der Waals surface area contributed by atoms with Gasteiger partial charge in [-0.05, 0) is 27.1 Å². The SMILES string of the molecule is CCOC(=O)C=C[c-]1cccc1.CN(C)C[c-]1[cH-][cH-][cH-][cH-]1.[Fe]. The molecule has 0 aromatic heterocycles. The van der Waals surface area contributed by atoms with Gasteiger partial charge in [0.1, 0.15) is 0 Å². The molecule has 22 heavy (non-hydrogen) atoms. The van der Waals surface area contributed by atoms with Crippen LogP contribution in [-0.4, -0.2) is 31.6 Å². The standard InChI is InChI=1S/C10H11O2.C8H12N.Fe/c1-2-12-10(11)8-7-9-5-3-4-6-9;1-9(2)7-8-5-3-4-6-8;/h3-8H,2H2,1H3;3-6H,7H2,1-2H3;/q-1;-5;. The van der Waals surface area contributed by atoms with Crippen LogP contribution in [0.25, 0.3) is 6.08 Å². The van der Waals surface area contributed by atoms with Gasteiger partial charge in [-0.1, -0.05) is 0 Å². The van der Waals surface area contributed by atoms with Crippen LogP contribution in [0.1, 0.15) is 18.1 Å². The molecule has 0 aliphatic carbocycles. The number of carbonyl (C=O) groups excluding carboxylic acids is 1. The van der Waals surface area contributed by atoms with E-state index in [0.29, 0.717) is 6.61 Å². The minimum Gasteiger partial charge on any atom is -0.748 e. The molecule has 0 saturated carbocycles. The molecule has 0 atom stereocenters. The maximum Gasteiger partial charge on any atom is 0.288 e. The number of rotatable bonds is 5. The third-order valence-electron chi connectivity index (χ3n) is 2.62. The summed E-state index contributed by atoms with van der Waals surface area (Å²) in [6.45, 7) is 3.26. The molecule has 0 unspecified atom stereocenters. The molecule has 126 valence electrons. The van der Waals surface area contributed by atoms with Crippen LogP contribution in [0.4, 0.5) is 0 Å². The first-order chi connectivity index (χ1) is 10.1. The van der Waals surface area contributed by atoms with Crippen molar-refractivity contribution in [2.75, 3.05) is 20.7 Å². The van der Waals surface area contributed by atoms with Gasteiger partial charge in [0, 0.05) is 17.1 Å². The third-order valence-corrected chi connectivity index (χ3v) is 2.62. The predicted molar refractivity (Wildman–Crippen MR) is 87.1 cm³/mol. The average molecular weight is 341 g/mol. The van der Waals surface area contributed by atoms with E-state index in [0.717, 1.165) is 12.1 Å². The van der Waals surface area contributed by atoms with Gasteiger partial charge < -0.3 is 39.5 Å². The summed E-state index contributed by atoms with van der Waals surface area (Å²) in [6.07, 6.45) is 3.16. The van der Waals surface area contributed by atoms with Crippen molar-refractivity contribution in [1.82, 2.24) is 4.90 Å². The van der Waals surface area contributed by atoms with E-state index in [9.17, 15) is 4.79 Å². The maximum atomic E-state index is 10.8. The van der Waals surface area contributed by atoms with Gasteiger partial charge in [-0.15, -0.1) is 23.8 Å². The van der Waals surface area contributed by atoms with Crippen molar-refractivity contribution in [3.05, 3.63) is 65.7 Å². The Hall–Kier alpha value is -1.61. The second-order valence-electron chi connectivity index (χ2n) is 4.83. The largest absolute Gasteiger partial charge is 0.748 e. The van der Waals surface area contributed by atoms with E-state index in [-0.39, 0.29) is 23.0 Å². The average Bonchev–Trinajstić information content (AvgIpc) is 3.09. The van der Waals surface area contributed by atoms with E-state index in [1.165, 1.54) is 11.6 Å².